The van der Waals surface area contributed by atoms with Gasteiger partial charge < -0.3 is 10.4 Å². The Morgan fingerprint density at radius 3 is 2.62 bits per heavy atom. The van der Waals surface area contributed by atoms with Crippen LogP contribution in [0.3, 0.4) is 0 Å². The van der Waals surface area contributed by atoms with Gasteiger partial charge in [0.15, 0.2) is 0 Å². The number of carbonyl (C=O) groups is 1. The summed E-state index contributed by atoms with van der Waals surface area (Å²) in [5.41, 5.74) is 1.28. The van der Waals surface area contributed by atoms with Crippen LogP contribution in [0.15, 0.2) is 24.3 Å². The minimum absolute atomic E-state index is 0.151. The van der Waals surface area contributed by atoms with E-state index in [-0.39, 0.29) is 6.54 Å². The van der Waals surface area contributed by atoms with E-state index >= 15 is 0 Å². The van der Waals surface area contributed by atoms with E-state index < -0.39 is 5.97 Å². The molecule has 0 unspecified atom stereocenters. The molecular formula is C16H23ClN2O2. The van der Waals surface area contributed by atoms with Crippen LogP contribution in [0.1, 0.15) is 25.3 Å². The molecule has 21 heavy (non-hydrogen) atoms. The zero-order valence-corrected chi connectivity index (χ0v) is 13.1. The third-order valence-corrected chi connectivity index (χ3v) is 4.39. The molecule has 0 amide bonds. The monoisotopic (exact) mass is 310 g/mol. The first-order valence-corrected chi connectivity index (χ1v) is 7.90. The number of aliphatic carboxylic acids is 1. The van der Waals surface area contributed by atoms with Crippen molar-refractivity contribution in [2.24, 2.45) is 0 Å². The molecule has 2 rings (SSSR count). The van der Waals surface area contributed by atoms with Gasteiger partial charge in [-0.05, 0) is 50.0 Å². The number of hydrogen-bond acceptors (Lipinski definition) is 3. The van der Waals surface area contributed by atoms with Crippen molar-refractivity contribution in [2.75, 3.05) is 19.6 Å². The van der Waals surface area contributed by atoms with Crippen LogP contribution in [0.4, 0.5) is 0 Å². The third-order valence-electron chi connectivity index (χ3n) is 4.13. The highest BCUT2D eigenvalue weighted by Gasteiger charge is 2.33. The predicted molar refractivity (Wildman–Crippen MR) is 84.9 cm³/mol. The standard InChI is InChI=1S/C16H23ClN2O2/c1-2-19(11-16(20)21)15-9-14(10-15)18-8-7-12-3-5-13(17)6-4-12/h3-6,14-15,18H,2,7-11H2,1H3,(H,20,21). The van der Waals surface area contributed by atoms with Crippen LogP contribution in [0.5, 0.6) is 0 Å². The maximum absolute atomic E-state index is 10.8. The van der Waals surface area contributed by atoms with Crippen molar-refractivity contribution >= 4 is 17.6 Å². The second kappa shape index (κ2) is 7.78. The summed E-state index contributed by atoms with van der Waals surface area (Å²) in [5, 5.41) is 13.2. The van der Waals surface area contributed by atoms with Gasteiger partial charge in [0.25, 0.3) is 0 Å². The van der Waals surface area contributed by atoms with Gasteiger partial charge in [0.2, 0.25) is 0 Å². The molecule has 4 nitrogen and oxygen atoms in total. The fraction of sp³-hybridized carbons (Fsp3) is 0.562. The Labute approximate surface area is 131 Å². The van der Waals surface area contributed by atoms with Gasteiger partial charge in [-0.15, -0.1) is 0 Å². The molecule has 0 spiro atoms. The lowest BCUT2D eigenvalue weighted by Crippen LogP contribution is -2.53. The lowest BCUT2D eigenvalue weighted by Gasteiger charge is -2.42. The van der Waals surface area contributed by atoms with Crippen LogP contribution in [-0.2, 0) is 11.2 Å². The summed E-state index contributed by atoms with van der Waals surface area (Å²) in [6.45, 7) is 3.92. The maximum atomic E-state index is 10.8. The smallest absolute Gasteiger partial charge is 0.317 e. The second-order valence-corrected chi connectivity index (χ2v) is 6.05. The first-order valence-electron chi connectivity index (χ1n) is 7.52. The molecule has 0 aromatic heterocycles. The Hall–Kier alpha value is -1.10. The second-order valence-electron chi connectivity index (χ2n) is 5.61. The Bertz CT molecular complexity index is 458. The van der Waals surface area contributed by atoms with Gasteiger partial charge >= 0.3 is 5.97 Å². The van der Waals surface area contributed by atoms with Crippen LogP contribution in [0.25, 0.3) is 0 Å². The Morgan fingerprint density at radius 2 is 2.05 bits per heavy atom. The summed E-state index contributed by atoms with van der Waals surface area (Å²) in [6, 6.07) is 8.88. The molecule has 0 bridgehead atoms. The van der Waals surface area contributed by atoms with Crippen molar-refractivity contribution in [1.29, 1.82) is 0 Å². The van der Waals surface area contributed by atoms with Crippen molar-refractivity contribution in [2.45, 2.75) is 38.3 Å². The highest BCUT2D eigenvalue weighted by atomic mass is 35.5. The van der Waals surface area contributed by atoms with E-state index in [2.05, 4.69) is 17.4 Å². The molecule has 0 aliphatic heterocycles. The van der Waals surface area contributed by atoms with Crippen LogP contribution in [0.2, 0.25) is 5.02 Å². The van der Waals surface area contributed by atoms with E-state index in [1.165, 1.54) is 5.56 Å². The van der Waals surface area contributed by atoms with Gasteiger partial charge in [-0.25, -0.2) is 0 Å². The largest absolute Gasteiger partial charge is 0.480 e. The SMILES string of the molecule is CCN(CC(=O)O)C1CC(NCCc2ccc(Cl)cc2)C1. The molecule has 2 N–H and O–H groups in total. The van der Waals surface area contributed by atoms with Crippen molar-refractivity contribution in [3.05, 3.63) is 34.9 Å². The first-order chi connectivity index (χ1) is 10.1. The van der Waals surface area contributed by atoms with Gasteiger partial charge in [-0.2, -0.15) is 0 Å². The number of benzene rings is 1. The first kappa shape index (κ1) is 16.3. The van der Waals surface area contributed by atoms with Gasteiger partial charge in [-0.3, -0.25) is 9.69 Å². The van der Waals surface area contributed by atoms with Gasteiger partial charge in [0.05, 0.1) is 6.54 Å². The molecule has 1 aromatic carbocycles. The summed E-state index contributed by atoms with van der Waals surface area (Å²) in [6.07, 6.45) is 3.08. The number of likely N-dealkylation sites (N-methyl/N-ethyl adjacent to an activating group) is 1. The highest BCUT2D eigenvalue weighted by molar-refractivity contribution is 6.30. The summed E-state index contributed by atoms with van der Waals surface area (Å²) in [5.74, 6) is -0.740. The van der Waals surface area contributed by atoms with Crippen molar-refractivity contribution in [3.8, 4) is 0 Å². The number of carboxylic acid groups (broad SMARTS) is 1. The number of carboxylic acids is 1. The fourth-order valence-corrected chi connectivity index (χ4v) is 2.92. The Kier molecular flexibility index (Phi) is 6.03. The molecular weight excluding hydrogens is 288 g/mol. The average Bonchev–Trinajstić information content (AvgIpc) is 2.41. The maximum Gasteiger partial charge on any atom is 0.317 e. The van der Waals surface area contributed by atoms with Crippen LogP contribution in [-0.4, -0.2) is 47.7 Å². The van der Waals surface area contributed by atoms with E-state index in [4.69, 9.17) is 16.7 Å². The molecule has 1 aliphatic rings. The van der Waals surface area contributed by atoms with Crippen LogP contribution < -0.4 is 5.32 Å². The topological polar surface area (TPSA) is 52.6 Å². The summed E-state index contributed by atoms with van der Waals surface area (Å²) in [7, 11) is 0. The molecule has 5 heteroatoms. The van der Waals surface area contributed by atoms with Crippen molar-refractivity contribution in [1.82, 2.24) is 10.2 Å². The Morgan fingerprint density at radius 1 is 1.38 bits per heavy atom. The normalized spacial score (nSPS) is 21.3. The van der Waals surface area contributed by atoms with Crippen LogP contribution in [0, 0.1) is 0 Å². The van der Waals surface area contributed by atoms with Crippen molar-refractivity contribution in [3.63, 3.8) is 0 Å². The van der Waals surface area contributed by atoms with Gasteiger partial charge in [-0.1, -0.05) is 30.7 Å². The zero-order chi connectivity index (χ0) is 15.2. The fourth-order valence-electron chi connectivity index (χ4n) is 2.80. The molecule has 0 atom stereocenters. The molecule has 1 fully saturated rings. The van der Waals surface area contributed by atoms with E-state index in [1.54, 1.807) is 0 Å². The van der Waals surface area contributed by atoms with Crippen LogP contribution >= 0.6 is 11.6 Å². The third kappa shape index (κ3) is 4.99. The molecule has 1 aliphatic carbocycles. The van der Waals surface area contributed by atoms with E-state index in [0.717, 1.165) is 37.4 Å². The summed E-state index contributed by atoms with van der Waals surface area (Å²) in [4.78, 5) is 12.8. The molecule has 0 heterocycles. The summed E-state index contributed by atoms with van der Waals surface area (Å²) < 4.78 is 0. The van der Waals surface area contributed by atoms with Gasteiger partial charge in [0, 0.05) is 17.1 Å². The Balaban J connectivity index is 1.64. The minimum atomic E-state index is -0.740. The quantitative estimate of drug-likeness (QED) is 0.774. The minimum Gasteiger partial charge on any atom is -0.480 e. The van der Waals surface area contributed by atoms with E-state index in [9.17, 15) is 4.79 Å². The number of nitrogens with one attached hydrogen (secondary N) is 1. The average molecular weight is 311 g/mol. The molecule has 1 aromatic rings. The highest BCUT2D eigenvalue weighted by Crippen LogP contribution is 2.25. The molecule has 0 radical (unpaired) electrons. The molecule has 116 valence electrons. The number of halogens is 1. The lowest BCUT2D eigenvalue weighted by atomic mass is 9.85. The summed E-state index contributed by atoms with van der Waals surface area (Å²) >= 11 is 5.86. The molecule has 1 saturated carbocycles. The predicted octanol–water partition coefficient (Wildman–Crippen LogP) is 2.41. The van der Waals surface area contributed by atoms with E-state index in [1.807, 2.05) is 24.0 Å². The van der Waals surface area contributed by atoms with Gasteiger partial charge in [0.1, 0.15) is 0 Å². The zero-order valence-electron chi connectivity index (χ0n) is 12.4. The molecule has 0 saturated heterocycles. The number of rotatable bonds is 8. The number of nitrogens with zero attached hydrogens (tertiary/aromatic N) is 1. The van der Waals surface area contributed by atoms with Crippen molar-refractivity contribution < 1.29 is 9.90 Å². The number of hydrogen-bond donors (Lipinski definition) is 2. The van der Waals surface area contributed by atoms with E-state index in [0.29, 0.717) is 12.1 Å². The lowest BCUT2D eigenvalue weighted by molar-refractivity contribution is -0.139.